The Morgan fingerprint density at radius 1 is 1.60 bits per heavy atom. The molecule has 0 radical (unpaired) electrons. The summed E-state index contributed by atoms with van der Waals surface area (Å²) < 4.78 is 5.39. The molecule has 2 rings (SSSR count). The summed E-state index contributed by atoms with van der Waals surface area (Å²) >= 11 is 1.52. The third kappa shape index (κ3) is 2.45. The van der Waals surface area contributed by atoms with E-state index in [9.17, 15) is 4.79 Å². The predicted octanol–water partition coefficient (Wildman–Crippen LogP) is 1.92. The minimum atomic E-state index is 0.0429. The number of thioether (sulfide) groups is 1. The second-order valence-corrected chi connectivity index (χ2v) is 4.27. The van der Waals surface area contributed by atoms with E-state index in [1.54, 1.807) is 0 Å². The van der Waals surface area contributed by atoms with Gasteiger partial charge in [0.15, 0.2) is 0 Å². The van der Waals surface area contributed by atoms with Gasteiger partial charge >= 0.3 is 0 Å². The van der Waals surface area contributed by atoms with E-state index in [0.717, 1.165) is 24.5 Å². The quantitative estimate of drug-likeness (QED) is 0.850. The molecule has 1 N–H and O–H groups in total. The molecule has 0 aliphatic carbocycles. The Morgan fingerprint density at radius 3 is 3.27 bits per heavy atom. The molecular formula is C11H13NO2S. The number of nitrogens with one attached hydrogen (secondary N) is 1. The normalized spacial score (nSPS) is 13.1. The van der Waals surface area contributed by atoms with Crippen LogP contribution in [-0.2, 0) is 11.2 Å². The number of carbonyl (C=O) groups is 1. The molecule has 80 valence electrons. The maximum absolute atomic E-state index is 11.3. The molecular weight excluding hydrogens is 210 g/mol. The van der Waals surface area contributed by atoms with Crippen molar-refractivity contribution in [3.63, 3.8) is 0 Å². The lowest BCUT2D eigenvalue weighted by Crippen LogP contribution is -2.13. The van der Waals surface area contributed by atoms with E-state index in [4.69, 9.17) is 4.74 Å². The standard InChI is InChI=1S/C11H13NO2S/c1-15-7-11(13)12-9-2-3-10-8(6-9)4-5-14-10/h2-3,6H,4-5,7H2,1H3,(H,12,13). The molecule has 0 aromatic heterocycles. The van der Waals surface area contributed by atoms with Crippen molar-refractivity contribution >= 4 is 23.4 Å². The fourth-order valence-corrected chi connectivity index (χ4v) is 1.93. The summed E-state index contributed by atoms with van der Waals surface area (Å²) in [7, 11) is 0. The lowest BCUT2D eigenvalue weighted by molar-refractivity contribution is -0.113. The van der Waals surface area contributed by atoms with Gasteiger partial charge in [-0.3, -0.25) is 4.79 Å². The Kier molecular flexibility index (Phi) is 3.16. The van der Waals surface area contributed by atoms with Crippen LogP contribution in [0, 0.1) is 0 Å². The van der Waals surface area contributed by atoms with Crippen LogP contribution in [-0.4, -0.2) is 24.5 Å². The summed E-state index contributed by atoms with van der Waals surface area (Å²) in [4.78, 5) is 11.3. The van der Waals surface area contributed by atoms with Crippen molar-refractivity contribution in [2.75, 3.05) is 23.9 Å². The molecule has 0 unspecified atom stereocenters. The molecule has 1 aliphatic rings. The van der Waals surface area contributed by atoms with Gasteiger partial charge in [0, 0.05) is 12.1 Å². The van der Waals surface area contributed by atoms with Crippen LogP contribution in [0.1, 0.15) is 5.56 Å². The molecule has 1 amide bonds. The first-order valence-electron chi connectivity index (χ1n) is 4.84. The predicted molar refractivity (Wildman–Crippen MR) is 62.7 cm³/mol. The van der Waals surface area contributed by atoms with Crippen molar-refractivity contribution in [3.05, 3.63) is 23.8 Å². The van der Waals surface area contributed by atoms with Crippen LogP contribution < -0.4 is 10.1 Å². The molecule has 0 fully saturated rings. The highest BCUT2D eigenvalue weighted by atomic mass is 32.2. The summed E-state index contributed by atoms with van der Waals surface area (Å²) in [6.07, 6.45) is 2.84. The highest BCUT2D eigenvalue weighted by Gasteiger charge is 2.12. The van der Waals surface area contributed by atoms with Crippen molar-refractivity contribution in [1.82, 2.24) is 0 Å². The molecule has 1 heterocycles. The molecule has 4 heteroatoms. The summed E-state index contributed by atoms with van der Waals surface area (Å²) in [5.41, 5.74) is 2.04. The molecule has 15 heavy (non-hydrogen) atoms. The third-order valence-corrected chi connectivity index (χ3v) is 2.80. The number of benzene rings is 1. The molecule has 0 spiro atoms. The lowest BCUT2D eigenvalue weighted by Gasteiger charge is -2.05. The van der Waals surface area contributed by atoms with E-state index in [2.05, 4.69) is 5.32 Å². The van der Waals surface area contributed by atoms with Gasteiger partial charge in [-0.05, 0) is 30.0 Å². The minimum Gasteiger partial charge on any atom is -0.493 e. The van der Waals surface area contributed by atoms with Gasteiger partial charge in [0.1, 0.15) is 5.75 Å². The maximum atomic E-state index is 11.3. The molecule has 3 nitrogen and oxygen atoms in total. The highest BCUT2D eigenvalue weighted by Crippen LogP contribution is 2.27. The van der Waals surface area contributed by atoms with Crippen LogP contribution in [0.2, 0.25) is 0 Å². The van der Waals surface area contributed by atoms with Crippen LogP contribution >= 0.6 is 11.8 Å². The number of anilines is 1. The van der Waals surface area contributed by atoms with Gasteiger partial charge in [-0.1, -0.05) is 0 Å². The molecule has 0 saturated carbocycles. The van der Waals surface area contributed by atoms with Gasteiger partial charge in [-0.2, -0.15) is 11.8 Å². The monoisotopic (exact) mass is 223 g/mol. The van der Waals surface area contributed by atoms with Gasteiger partial charge in [0.05, 0.1) is 12.4 Å². The van der Waals surface area contributed by atoms with Crippen molar-refractivity contribution in [1.29, 1.82) is 0 Å². The smallest absolute Gasteiger partial charge is 0.234 e. The zero-order chi connectivity index (χ0) is 10.7. The van der Waals surface area contributed by atoms with Gasteiger partial charge < -0.3 is 10.1 Å². The molecule has 1 aromatic rings. The number of rotatable bonds is 3. The number of carbonyl (C=O) groups excluding carboxylic acids is 1. The van der Waals surface area contributed by atoms with E-state index in [0.29, 0.717) is 5.75 Å². The maximum Gasteiger partial charge on any atom is 0.234 e. The fraction of sp³-hybridized carbons (Fsp3) is 0.364. The second kappa shape index (κ2) is 4.57. The van der Waals surface area contributed by atoms with E-state index in [1.165, 1.54) is 17.3 Å². The summed E-state index contributed by atoms with van der Waals surface area (Å²) in [6.45, 7) is 0.748. The largest absolute Gasteiger partial charge is 0.493 e. The van der Waals surface area contributed by atoms with E-state index < -0.39 is 0 Å². The molecule has 1 aliphatic heterocycles. The Balaban J connectivity index is 2.06. The van der Waals surface area contributed by atoms with Crippen LogP contribution in [0.5, 0.6) is 5.75 Å². The first-order valence-corrected chi connectivity index (χ1v) is 6.23. The Hall–Kier alpha value is -1.16. The van der Waals surface area contributed by atoms with Gasteiger partial charge in [-0.25, -0.2) is 0 Å². The average molecular weight is 223 g/mol. The van der Waals surface area contributed by atoms with Crippen LogP contribution in [0.25, 0.3) is 0 Å². The Morgan fingerprint density at radius 2 is 2.47 bits per heavy atom. The zero-order valence-corrected chi connectivity index (χ0v) is 9.39. The zero-order valence-electron chi connectivity index (χ0n) is 8.58. The van der Waals surface area contributed by atoms with Gasteiger partial charge in [0.2, 0.25) is 5.91 Å². The van der Waals surface area contributed by atoms with Crippen LogP contribution in [0.15, 0.2) is 18.2 Å². The second-order valence-electron chi connectivity index (χ2n) is 3.40. The number of ether oxygens (including phenoxy) is 1. The van der Waals surface area contributed by atoms with E-state index >= 15 is 0 Å². The first kappa shape index (κ1) is 10.4. The van der Waals surface area contributed by atoms with Crippen molar-refractivity contribution < 1.29 is 9.53 Å². The summed E-state index contributed by atoms with van der Waals surface area (Å²) in [5, 5.41) is 2.86. The lowest BCUT2D eigenvalue weighted by atomic mass is 10.1. The molecule has 0 saturated heterocycles. The molecule has 1 aromatic carbocycles. The Labute approximate surface area is 93.2 Å². The van der Waals surface area contributed by atoms with E-state index in [1.807, 2.05) is 24.5 Å². The number of amides is 1. The fourth-order valence-electron chi connectivity index (χ4n) is 1.59. The topological polar surface area (TPSA) is 38.3 Å². The number of fused-ring (bicyclic) bond motifs is 1. The first-order chi connectivity index (χ1) is 7.29. The Bertz CT molecular complexity index is 379. The average Bonchev–Trinajstić information content (AvgIpc) is 2.65. The number of hydrogen-bond acceptors (Lipinski definition) is 3. The highest BCUT2D eigenvalue weighted by molar-refractivity contribution is 7.99. The summed E-state index contributed by atoms with van der Waals surface area (Å²) in [6, 6.07) is 5.78. The molecule has 0 atom stereocenters. The SMILES string of the molecule is CSCC(=O)Nc1ccc2c(c1)CCO2. The molecule has 0 bridgehead atoms. The van der Waals surface area contributed by atoms with Gasteiger partial charge in [-0.15, -0.1) is 0 Å². The van der Waals surface area contributed by atoms with Crippen molar-refractivity contribution in [2.24, 2.45) is 0 Å². The van der Waals surface area contributed by atoms with Crippen molar-refractivity contribution in [2.45, 2.75) is 6.42 Å². The summed E-state index contributed by atoms with van der Waals surface area (Å²) in [5.74, 6) is 1.48. The number of hydrogen-bond donors (Lipinski definition) is 1. The van der Waals surface area contributed by atoms with Crippen LogP contribution in [0.3, 0.4) is 0 Å². The van der Waals surface area contributed by atoms with Crippen molar-refractivity contribution in [3.8, 4) is 5.75 Å². The minimum absolute atomic E-state index is 0.0429. The van der Waals surface area contributed by atoms with Crippen LogP contribution in [0.4, 0.5) is 5.69 Å². The van der Waals surface area contributed by atoms with E-state index in [-0.39, 0.29) is 5.91 Å². The van der Waals surface area contributed by atoms with Gasteiger partial charge in [0.25, 0.3) is 0 Å². The third-order valence-electron chi connectivity index (χ3n) is 2.25.